The third-order valence-electron chi connectivity index (χ3n) is 5.21. The van der Waals surface area contributed by atoms with E-state index in [1.807, 2.05) is 0 Å². The van der Waals surface area contributed by atoms with Crippen LogP contribution in [0.15, 0.2) is 22.7 Å². The summed E-state index contributed by atoms with van der Waals surface area (Å²) in [5, 5.41) is 3.81. The molecule has 1 fully saturated rings. The minimum absolute atomic E-state index is 0.454. The zero-order valence-corrected chi connectivity index (χ0v) is 14.5. The molecule has 1 aromatic carbocycles. The highest BCUT2D eigenvalue weighted by atomic mass is 79.9. The van der Waals surface area contributed by atoms with Crippen LogP contribution in [-0.2, 0) is 0 Å². The number of hydrogen-bond acceptors (Lipinski definition) is 2. The van der Waals surface area contributed by atoms with Crippen LogP contribution in [0.4, 0.5) is 0 Å². The van der Waals surface area contributed by atoms with Crippen LogP contribution in [0.3, 0.4) is 0 Å². The summed E-state index contributed by atoms with van der Waals surface area (Å²) in [4.78, 5) is 0. The highest BCUT2D eigenvalue weighted by Crippen LogP contribution is 2.35. The van der Waals surface area contributed by atoms with Crippen molar-refractivity contribution in [3.63, 3.8) is 0 Å². The highest BCUT2D eigenvalue weighted by molar-refractivity contribution is 9.10. The van der Waals surface area contributed by atoms with Crippen LogP contribution in [0.5, 0.6) is 5.75 Å². The Balaban J connectivity index is 1.56. The van der Waals surface area contributed by atoms with E-state index in [1.165, 1.54) is 37.7 Å². The Bertz CT molecular complexity index is 468. The molecule has 1 unspecified atom stereocenters. The molecule has 0 spiro atoms. The summed E-state index contributed by atoms with van der Waals surface area (Å²) in [7, 11) is 0. The molecule has 2 aliphatic rings. The Labute approximate surface area is 136 Å². The van der Waals surface area contributed by atoms with E-state index in [9.17, 15) is 0 Å². The summed E-state index contributed by atoms with van der Waals surface area (Å²) >= 11 is 3.58. The van der Waals surface area contributed by atoms with Crippen molar-refractivity contribution in [3.8, 4) is 5.75 Å². The number of nitrogens with one attached hydrogen (secondary N) is 1. The fraction of sp³-hybridized carbons (Fsp3) is 0.667. The second-order valence-corrected chi connectivity index (χ2v) is 7.49. The lowest BCUT2D eigenvalue weighted by atomic mass is 9.80. The van der Waals surface area contributed by atoms with Crippen molar-refractivity contribution < 1.29 is 4.74 Å². The number of hydrogen-bond donors (Lipinski definition) is 1. The molecular formula is C18H26BrNO. The normalized spacial score (nSPS) is 28.8. The zero-order valence-electron chi connectivity index (χ0n) is 12.9. The maximum Gasteiger partial charge on any atom is 0.124 e. The van der Waals surface area contributed by atoms with Crippen molar-refractivity contribution in [2.75, 3.05) is 13.2 Å². The van der Waals surface area contributed by atoms with Crippen molar-refractivity contribution in [1.82, 2.24) is 5.32 Å². The molecule has 3 heteroatoms. The largest absolute Gasteiger partial charge is 0.493 e. The molecule has 1 aliphatic heterocycles. The highest BCUT2D eigenvalue weighted by Gasteiger charge is 2.24. The summed E-state index contributed by atoms with van der Waals surface area (Å²) < 4.78 is 6.91. The predicted octanol–water partition coefficient (Wildman–Crippen LogP) is 5.08. The Morgan fingerprint density at radius 1 is 1.14 bits per heavy atom. The van der Waals surface area contributed by atoms with Gasteiger partial charge >= 0.3 is 0 Å². The third kappa shape index (κ3) is 3.81. The molecule has 0 radical (unpaired) electrons. The predicted molar refractivity (Wildman–Crippen MR) is 90.7 cm³/mol. The molecule has 1 aromatic rings. The number of rotatable bonds is 4. The molecule has 0 amide bonds. The van der Waals surface area contributed by atoms with Crippen molar-refractivity contribution >= 4 is 15.9 Å². The molecule has 1 aliphatic carbocycles. The van der Waals surface area contributed by atoms with Crippen molar-refractivity contribution in [2.45, 2.75) is 51.5 Å². The van der Waals surface area contributed by atoms with Crippen LogP contribution < -0.4 is 10.1 Å². The van der Waals surface area contributed by atoms with Gasteiger partial charge in [0.15, 0.2) is 0 Å². The molecule has 0 bridgehead atoms. The number of benzene rings is 1. The molecule has 1 saturated carbocycles. The van der Waals surface area contributed by atoms with E-state index in [1.54, 1.807) is 0 Å². The lowest BCUT2D eigenvalue weighted by molar-refractivity contribution is 0.227. The van der Waals surface area contributed by atoms with Gasteiger partial charge < -0.3 is 10.1 Å². The Kier molecular flexibility index (Phi) is 5.23. The summed E-state index contributed by atoms with van der Waals surface area (Å²) in [6.45, 7) is 4.32. The van der Waals surface area contributed by atoms with E-state index < -0.39 is 0 Å². The molecule has 0 aromatic heterocycles. The molecule has 1 heterocycles. The van der Waals surface area contributed by atoms with E-state index in [0.29, 0.717) is 6.04 Å². The van der Waals surface area contributed by atoms with E-state index >= 15 is 0 Å². The zero-order chi connectivity index (χ0) is 14.7. The van der Waals surface area contributed by atoms with Gasteiger partial charge in [0.1, 0.15) is 5.75 Å². The fourth-order valence-electron chi connectivity index (χ4n) is 3.73. The van der Waals surface area contributed by atoms with Gasteiger partial charge in [-0.05, 0) is 49.4 Å². The second-order valence-electron chi connectivity index (χ2n) is 6.58. The maximum absolute atomic E-state index is 5.77. The standard InChI is InChI=1S/C18H26BrNO/c1-2-13-3-5-14(6-4-13)12-20-17-9-10-21-18-8-7-15(19)11-16(17)18/h7-8,11,13-14,17,20H,2-6,9-10,12H2,1H3. The van der Waals surface area contributed by atoms with Gasteiger partial charge in [0, 0.05) is 22.5 Å². The molecule has 1 atom stereocenters. The van der Waals surface area contributed by atoms with E-state index in [2.05, 4.69) is 46.4 Å². The maximum atomic E-state index is 5.77. The van der Waals surface area contributed by atoms with Gasteiger partial charge in [-0.25, -0.2) is 0 Å². The van der Waals surface area contributed by atoms with Crippen LogP contribution in [0.2, 0.25) is 0 Å². The van der Waals surface area contributed by atoms with Gasteiger partial charge in [-0.1, -0.05) is 42.1 Å². The average Bonchev–Trinajstić information content (AvgIpc) is 2.53. The number of fused-ring (bicyclic) bond motifs is 1. The molecule has 3 rings (SSSR count). The quantitative estimate of drug-likeness (QED) is 0.816. The molecule has 21 heavy (non-hydrogen) atoms. The van der Waals surface area contributed by atoms with Crippen molar-refractivity contribution in [2.24, 2.45) is 11.8 Å². The first-order chi connectivity index (χ1) is 10.3. The summed E-state index contributed by atoms with van der Waals surface area (Å²) in [5.41, 5.74) is 1.32. The first kappa shape index (κ1) is 15.4. The molecule has 0 saturated heterocycles. The van der Waals surface area contributed by atoms with Crippen LogP contribution in [0.1, 0.15) is 57.1 Å². The lowest BCUT2D eigenvalue weighted by Gasteiger charge is -2.31. The first-order valence-electron chi connectivity index (χ1n) is 8.42. The Morgan fingerprint density at radius 3 is 2.67 bits per heavy atom. The smallest absolute Gasteiger partial charge is 0.124 e. The summed E-state index contributed by atoms with van der Waals surface area (Å²) in [6.07, 6.45) is 8.10. The SMILES string of the molecule is CCC1CCC(CNC2CCOc3ccc(Br)cc32)CC1. The van der Waals surface area contributed by atoms with Crippen molar-refractivity contribution in [3.05, 3.63) is 28.2 Å². The lowest BCUT2D eigenvalue weighted by Crippen LogP contribution is -2.32. The molecule has 1 N–H and O–H groups in total. The topological polar surface area (TPSA) is 21.3 Å². The minimum Gasteiger partial charge on any atom is -0.493 e. The monoisotopic (exact) mass is 351 g/mol. The van der Waals surface area contributed by atoms with Gasteiger partial charge in [0.25, 0.3) is 0 Å². The minimum atomic E-state index is 0.454. The average molecular weight is 352 g/mol. The van der Waals surface area contributed by atoms with E-state index in [4.69, 9.17) is 4.74 Å². The second kappa shape index (κ2) is 7.15. The van der Waals surface area contributed by atoms with Gasteiger partial charge in [0.2, 0.25) is 0 Å². The fourth-order valence-corrected chi connectivity index (χ4v) is 4.11. The Hall–Kier alpha value is -0.540. The van der Waals surface area contributed by atoms with Crippen LogP contribution in [0.25, 0.3) is 0 Å². The first-order valence-corrected chi connectivity index (χ1v) is 9.21. The van der Waals surface area contributed by atoms with Crippen molar-refractivity contribution in [1.29, 1.82) is 0 Å². The summed E-state index contributed by atoms with van der Waals surface area (Å²) in [5.74, 6) is 2.91. The molecule has 2 nitrogen and oxygen atoms in total. The number of ether oxygens (including phenoxy) is 1. The molecular weight excluding hydrogens is 326 g/mol. The van der Waals surface area contributed by atoms with Crippen LogP contribution >= 0.6 is 15.9 Å². The van der Waals surface area contributed by atoms with E-state index in [-0.39, 0.29) is 0 Å². The van der Waals surface area contributed by atoms with Gasteiger partial charge in [0.05, 0.1) is 6.61 Å². The van der Waals surface area contributed by atoms with Gasteiger partial charge in [-0.3, -0.25) is 0 Å². The van der Waals surface area contributed by atoms with E-state index in [0.717, 1.165) is 41.6 Å². The van der Waals surface area contributed by atoms with Gasteiger partial charge in [-0.15, -0.1) is 0 Å². The third-order valence-corrected chi connectivity index (χ3v) is 5.70. The van der Waals surface area contributed by atoms with Crippen LogP contribution in [0, 0.1) is 11.8 Å². The summed E-state index contributed by atoms with van der Waals surface area (Å²) in [6, 6.07) is 6.81. The molecule has 116 valence electrons. The Morgan fingerprint density at radius 2 is 1.90 bits per heavy atom. The number of halogens is 1. The van der Waals surface area contributed by atoms with Crippen LogP contribution in [-0.4, -0.2) is 13.2 Å². The van der Waals surface area contributed by atoms with Gasteiger partial charge in [-0.2, -0.15) is 0 Å².